The summed E-state index contributed by atoms with van der Waals surface area (Å²) in [7, 11) is 0.563. The number of hydrogen-bond acceptors (Lipinski definition) is 10. The molecule has 16 heteroatoms. The summed E-state index contributed by atoms with van der Waals surface area (Å²) in [5.74, 6) is -0.0465. The van der Waals surface area contributed by atoms with Gasteiger partial charge >= 0.3 is 6.18 Å². The van der Waals surface area contributed by atoms with Gasteiger partial charge in [-0.3, -0.25) is 9.58 Å². The van der Waals surface area contributed by atoms with Crippen LogP contribution in [0.5, 0.6) is 17.2 Å². The van der Waals surface area contributed by atoms with Crippen molar-refractivity contribution in [2.75, 3.05) is 31.7 Å². The molecule has 6 rings (SSSR count). The fourth-order valence-electron chi connectivity index (χ4n) is 6.25. The standard InChI is InChI=1S/C30H33F3N6O5S2/c1-37-16-20(15-35-37)26-12-21(30(31,32)33)8-10-38(26)25-9-11-44-28-14-23(6-7-24(25)28)46(40,41)39(29-34-18-36-45-29)17-19-4-5-22(42-2)13-27(19)43-3/h4-7,13-16,18,21,25-26H,8-12,17H2,1-3H3/t21-,25?,26+/m1/s1. The van der Waals surface area contributed by atoms with Gasteiger partial charge < -0.3 is 14.2 Å². The van der Waals surface area contributed by atoms with Crippen molar-refractivity contribution in [3.8, 4) is 17.2 Å². The van der Waals surface area contributed by atoms with Gasteiger partial charge in [-0.1, -0.05) is 6.07 Å². The molecule has 2 aliphatic heterocycles. The van der Waals surface area contributed by atoms with Crippen molar-refractivity contribution in [1.29, 1.82) is 0 Å². The summed E-state index contributed by atoms with van der Waals surface area (Å²) >= 11 is 0.938. The molecule has 4 heterocycles. The van der Waals surface area contributed by atoms with Gasteiger partial charge in [-0.2, -0.15) is 22.6 Å². The number of sulfonamides is 1. The van der Waals surface area contributed by atoms with Gasteiger partial charge in [0.25, 0.3) is 10.0 Å². The van der Waals surface area contributed by atoms with E-state index in [1.807, 2.05) is 0 Å². The summed E-state index contributed by atoms with van der Waals surface area (Å²) in [6, 6.07) is 9.02. The van der Waals surface area contributed by atoms with E-state index in [1.54, 1.807) is 48.4 Å². The molecule has 46 heavy (non-hydrogen) atoms. The Morgan fingerprint density at radius 3 is 2.61 bits per heavy atom. The van der Waals surface area contributed by atoms with Gasteiger partial charge in [0, 0.05) is 72.1 Å². The molecule has 3 atom stereocenters. The van der Waals surface area contributed by atoms with E-state index in [0.29, 0.717) is 34.8 Å². The molecule has 0 N–H and O–H groups in total. The minimum Gasteiger partial charge on any atom is -0.497 e. The monoisotopic (exact) mass is 678 g/mol. The van der Waals surface area contributed by atoms with Crippen molar-refractivity contribution in [2.45, 2.75) is 49.0 Å². The number of likely N-dealkylation sites (tertiary alicyclic amines) is 1. The van der Waals surface area contributed by atoms with E-state index in [1.165, 1.54) is 32.7 Å². The number of fused-ring (bicyclic) bond motifs is 1. The Bertz CT molecular complexity index is 1780. The molecule has 0 aliphatic carbocycles. The van der Waals surface area contributed by atoms with Gasteiger partial charge in [-0.15, -0.1) is 0 Å². The van der Waals surface area contributed by atoms with E-state index < -0.39 is 28.2 Å². The first-order valence-corrected chi connectivity index (χ1v) is 16.8. The number of piperidine rings is 1. The second-order valence-corrected chi connectivity index (χ2v) is 13.9. The molecule has 0 spiro atoms. The van der Waals surface area contributed by atoms with Crippen molar-refractivity contribution in [2.24, 2.45) is 13.0 Å². The summed E-state index contributed by atoms with van der Waals surface area (Å²) in [4.78, 5) is 6.24. The third-order valence-corrected chi connectivity index (χ3v) is 11.1. The molecule has 4 aromatic rings. The van der Waals surface area contributed by atoms with Crippen LogP contribution in [0.4, 0.5) is 18.3 Å². The number of nitrogens with zero attached hydrogens (tertiary/aromatic N) is 6. The lowest BCUT2D eigenvalue weighted by Crippen LogP contribution is -2.44. The molecule has 1 fully saturated rings. The van der Waals surface area contributed by atoms with Gasteiger partial charge in [-0.25, -0.2) is 17.7 Å². The molecule has 0 amide bonds. The summed E-state index contributed by atoms with van der Waals surface area (Å²) in [6.45, 7) is 0.415. The zero-order valence-corrected chi connectivity index (χ0v) is 27.0. The highest BCUT2D eigenvalue weighted by molar-refractivity contribution is 7.93. The summed E-state index contributed by atoms with van der Waals surface area (Å²) < 4.78 is 93.5. The molecule has 0 saturated carbocycles. The maximum atomic E-state index is 14.2. The molecule has 246 valence electrons. The number of alkyl halides is 3. The number of aryl methyl sites for hydroxylation is 1. The minimum atomic E-state index is -4.29. The first-order valence-electron chi connectivity index (χ1n) is 14.6. The molecular weight excluding hydrogens is 645 g/mol. The summed E-state index contributed by atoms with van der Waals surface area (Å²) in [5, 5.41) is 4.39. The van der Waals surface area contributed by atoms with Gasteiger partial charge in [0.05, 0.1) is 44.4 Å². The highest BCUT2D eigenvalue weighted by Gasteiger charge is 2.47. The topological polar surface area (TPSA) is 112 Å². The Morgan fingerprint density at radius 1 is 1.11 bits per heavy atom. The summed E-state index contributed by atoms with van der Waals surface area (Å²) in [5.41, 5.74) is 2.02. The lowest BCUT2D eigenvalue weighted by molar-refractivity contribution is -0.192. The Labute approximate surface area is 268 Å². The molecule has 2 aromatic heterocycles. The highest BCUT2D eigenvalue weighted by Crippen LogP contribution is 2.48. The van der Waals surface area contributed by atoms with Gasteiger partial charge in [-0.05, 0) is 37.6 Å². The number of anilines is 1. The molecular formula is C30H33F3N6O5S2. The van der Waals surface area contributed by atoms with Crippen LogP contribution in [0.2, 0.25) is 0 Å². The van der Waals surface area contributed by atoms with Crippen LogP contribution in [0.1, 0.15) is 48.0 Å². The fourth-order valence-corrected chi connectivity index (χ4v) is 8.39. The predicted octanol–water partition coefficient (Wildman–Crippen LogP) is 5.52. The first kappa shape index (κ1) is 32.1. The Hall–Kier alpha value is -3.89. The van der Waals surface area contributed by atoms with Crippen LogP contribution in [-0.4, -0.2) is 66.0 Å². The molecule has 1 saturated heterocycles. The van der Waals surface area contributed by atoms with Crippen LogP contribution in [0.25, 0.3) is 0 Å². The molecule has 1 unspecified atom stereocenters. The third kappa shape index (κ3) is 6.25. The maximum absolute atomic E-state index is 14.2. The van der Waals surface area contributed by atoms with Crippen LogP contribution in [-0.2, 0) is 23.6 Å². The van der Waals surface area contributed by atoms with Crippen LogP contribution in [0.3, 0.4) is 0 Å². The second-order valence-electron chi connectivity index (χ2n) is 11.2. The van der Waals surface area contributed by atoms with Crippen molar-refractivity contribution >= 4 is 26.7 Å². The Morgan fingerprint density at radius 2 is 1.93 bits per heavy atom. The lowest BCUT2D eigenvalue weighted by Gasteiger charge is -2.45. The van der Waals surface area contributed by atoms with Crippen LogP contribution >= 0.6 is 11.5 Å². The number of rotatable bonds is 9. The van der Waals surface area contributed by atoms with E-state index >= 15 is 0 Å². The van der Waals surface area contributed by atoms with Crippen molar-refractivity contribution in [1.82, 2.24) is 24.0 Å². The molecule has 2 aromatic carbocycles. The van der Waals surface area contributed by atoms with Crippen LogP contribution < -0.4 is 18.5 Å². The smallest absolute Gasteiger partial charge is 0.391 e. The number of halogens is 3. The van der Waals surface area contributed by atoms with Crippen molar-refractivity contribution in [3.05, 3.63) is 71.8 Å². The number of methoxy groups -OCH3 is 2. The normalized spacial score (nSPS) is 20.5. The van der Waals surface area contributed by atoms with E-state index in [4.69, 9.17) is 14.2 Å². The first-order chi connectivity index (χ1) is 22.0. The third-order valence-electron chi connectivity index (χ3n) is 8.57. The number of ether oxygens (including phenoxy) is 3. The largest absolute Gasteiger partial charge is 0.497 e. The zero-order valence-electron chi connectivity index (χ0n) is 25.3. The molecule has 2 aliphatic rings. The quantitative estimate of drug-likeness (QED) is 0.226. The predicted molar refractivity (Wildman–Crippen MR) is 164 cm³/mol. The molecule has 0 bridgehead atoms. The second kappa shape index (κ2) is 12.7. The minimum absolute atomic E-state index is 0.0193. The van der Waals surface area contributed by atoms with E-state index in [-0.39, 0.29) is 48.6 Å². The van der Waals surface area contributed by atoms with Gasteiger partial charge in [0.2, 0.25) is 5.13 Å². The number of benzene rings is 2. The average molecular weight is 679 g/mol. The average Bonchev–Trinajstić information content (AvgIpc) is 3.74. The molecule has 11 nitrogen and oxygen atoms in total. The van der Waals surface area contributed by atoms with Crippen molar-refractivity contribution in [3.63, 3.8) is 0 Å². The van der Waals surface area contributed by atoms with E-state index in [2.05, 4.69) is 19.4 Å². The number of aromatic nitrogens is 4. The SMILES string of the molecule is COc1ccc(CN(c2ncns2)S(=O)(=O)c2ccc3c(c2)OCCC3N2CC[C@@H](C(F)(F)F)C[C@H]2c2cnn(C)c2)c(OC)c1. The maximum Gasteiger partial charge on any atom is 0.391 e. The summed E-state index contributed by atoms with van der Waals surface area (Å²) in [6.07, 6.45) is 0.803. The van der Waals surface area contributed by atoms with E-state index in [0.717, 1.165) is 21.4 Å². The lowest BCUT2D eigenvalue weighted by atomic mass is 9.84. The number of hydrogen-bond donors (Lipinski definition) is 0. The van der Waals surface area contributed by atoms with Crippen LogP contribution in [0.15, 0.2) is 60.0 Å². The molecule has 0 radical (unpaired) electrons. The van der Waals surface area contributed by atoms with Gasteiger partial charge in [0.1, 0.15) is 23.6 Å². The van der Waals surface area contributed by atoms with Crippen molar-refractivity contribution < 1.29 is 35.8 Å². The van der Waals surface area contributed by atoms with Gasteiger partial charge in [0.15, 0.2) is 0 Å². The Balaban J connectivity index is 1.33. The Kier molecular flexibility index (Phi) is 8.87. The highest BCUT2D eigenvalue weighted by atomic mass is 32.2. The van der Waals surface area contributed by atoms with Crippen LogP contribution in [0, 0.1) is 5.92 Å². The zero-order chi connectivity index (χ0) is 32.6. The fraction of sp³-hybridized carbons (Fsp3) is 0.433. The van der Waals surface area contributed by atoms with E-state index in [9.17, 15) is 21.6 Å².